The maximum atomic E-state index is 5.92. The van der Waals surface area contributed by atoms with Gasteiger partial charge < -0.3 is 20.1 Å². The number of aliphatic imine (C=N–C) groups is 1. The van der Waals surface area contributed by atoms with Crippen molar-refractivity contribution in [3.8, 4) is 5.75 Å². The van der Waals surface area contributed by atoms with Crippen LogP contribution in [0.25, 0.3) is 0 Å². The van der Waals surface area contributed by atoms with Gasteiger partial charge in [-0.2, -0.15) is 0 Å². The Labute approximate surface area is 139 Å². The zero-order chi connectivity index (χ0) is 16.5. The fourth-order valence-electron chi connectivity index (χ4n) is 2.49. The Balaban J connectivity index is 1.74. The van der Waals surface area contributed by atoms with Crippen molar-refractivity contribution in [2.45, 2.75) is 45.8 Å². The van der Waals surface area contributed by atoms with Gasteiger partial charge in [0.2, 0.25) is 0 Å². The number of guanidine groups is 1. The molecule has 1 aromatic carbocycles. The summed E-state index contributed by atoms with van der Waals surface area (Å²) in [6, 6.07) is 8.21. The van der Waals surface area contributed by atoms with Gasteiger partial charge in [0, 0.05) is 26.1 Å². The van der Waals surface area contributed by atoms with E-state index < -0.39 is 0 Å². The molecule has 5 heteroatoms. The summed E-state index contributed by atoms with van der Waals surface area (Å²) < 4.78 is 11.5. The number of rotatable bonds is 8. The normalized spacial score (nSPS) is 17.0. The summed E-state index contributed by atoms with van der Waals surface area (Å²) >= 11 is 0. The van der Waals surface area contributed by atoms with Crippen LogP contribution in [-0.2, 0) is 11.2 Å². The second kappa shape index (κ2) is 9.40. The van der Waals surface area contributed by atoms with E-state index in [0.29, 0.717) is 6.54 Å². The molecule has 5 nitrogen and oxygen atoms in total. The van der Waals surface area contributed by atoms with Crippen molar-refractivity contribution in [1.82, 2.24) is 10.6 Å². The lowest BCUT2D eigenvalue weighted by atomic mass is 10.1. The highest BCUT2D eigenvalue weighted by Gasteiger charge is 2.21. The van der Waals surface area contributed by atoms with Crippen LogP contribution in [-0.4, -0.2) is 44.4 Å². The number of para-hydroxylation sites is 1. The molecule has 0 saturated carbocycles. The molecule has 1 aliphatic rings. The number of nitrogens with one attached hydrogen (secondary N) is 2. The number of ether oxygens (including phenoxy) is 2. The van der Waals surface area contributed by atoms with Gasteiger partial charge in [-0.1, -0.05) is 18.2 Å². The lowest BCUT2D eigenvalue weighted by Gasteiger charge is -2.13. The minimum absolute atomic E-state index is 0.132. The van der Waals surface area contributed by atoms with Gasteiger partial charge in [-0.3, -0.25) is 0 Å². The van der Waals surface area contributed by atoms with Crippen LogP contribution in [0.3, 0.4) is 0 Å². The molecule has 1 heterocycles. The number of hydrogen-bond acceptors (Lipinski definition) is 3. The third-order valence-electron chi connectivity index (χ3n) is 3.58. The van der Waals surface area contributed by atoms with Crippen molar-refractivity contribution in [3.63, 3.8) is 0 Å². The minimum atomic E-state index is 0.132. The predicted molar refractivity (Wildman–Crippen MR) is 94.2 cm³/mol. The van der Waals surface area contributed by atoms with Crippen LogP contribution in [0.2, 0.25) is 0 Å². The predicted octanol–water partition coefficient (Wildman–Crippen LogP) is 2.36. The molecule has 0 saturated heterocycles. The SMILES string of the molecule is CCNC(=NCC1Cc2ccccc2O1)NCCCOC(C)C. The molecule has 1 aromatic rings. The Bertz CT molecular complexity index is 478. The molecule has 2 rings (SSSR count). The van der Waals surface area contributed by atoms with E-state index in [-0.39, 0.29) is 12.2 Å². The summed E-state index contributed by atoms with van der Waals surface area (Å²) in [5.74, 6) is 1.84. The second-order valence-corrected chi connectivity index (χ2v) is 5.97. The fraction of sp³-hybridized carbons (Fsp3) is 0.611. The standard InChI is InChI=1S/C18H29N3O2/c1-4-19-18(20-10-7-11-22-14(2)3)21-13-16-12-15-8-5-6-9-17(15)23-16/h5-6,8-9,14,16H,4,7,10-13H2,1-3H3,(H2,19,20,21). The van der Waals surface area contributed by atoms with E-state index in [1.807, 2.05) is 12.1 Å². The summed E-state index contributed by atoms with van der Waals surface area (Å²) in [6.45, 7) is 9.31. The Morgan fingerprint density at radius 1 is 1.35 bits per heavy atom. The first-order chi connectivity index (χ1) is 11.2. The third-order valence-corrected chi connectivity index (χ3v) is 3.58. The molecular weight excluding hydrogens is 290 g/mol. The van der Waals surface area contributed by atoms with Crippen molar-refractivity contribution in [2.75, 3.05) is 26.2 Å². The molecule has 1 atom stereocenters. The molecule has 0 fully saturated rings. The highest BCUT2D eigenvalue weighted by Crippen LogP contribution is 2.28. The average molecular weight is 319 g/mol. The van der Waals surface area contributed by atoms with E-state index in [4.69, 9.17) is 9.47 Å². The molecule has 0 aromatic heterocycles. The van der Waals surface area contributed by atoms with Gasteiger partial charge in [0.05, 0.1) is 12.6 Å². The van der Waals surface area contributed by atoms with Crippen LogP contribution in [0, 0.1) is 0 Å². The Hall–Kier alpha value is -1.75. The molecule has 1 unspecified atom stereocenters. The van der Waals surface area contributed by atoms with Gasteiger partial charge in [0.1, 0.15) is 11.9 Å². The maximum absolute atomic E-state index is 5.92. The molecule has 1 aliphatic heterocycles. The van der Waals surface area contributed by atoms with Gasteiger partial charge >= 0.3 is 0 Å². The topological polar surface area (TPSA) is 54.9 Å². The average Bonchev–Trinajstić information content (AvgIpc) is 2.94. The first-order valence-electron chi connectivity index (χ1n) is 8.57. The first-order valence-corrected chi connectivity index (χ1v) is 8.57. The van der Waals surface area contributed by atoms with Crippen LogP contribution in [0.1, 0.15) is 32.8 Å². The molecule has 128 valence electrons. The van der Waals surface area contributed by atoms with Gasteiger partial charge in [-0.05, 0) is 38.8 Å². The molecule has 23 heavy (non-hydrogen) atoms. The number of hydrogen-bond donors (Lipinski definition) is 2. The first kappa shape index (κ1) is 17.6. The molecule has 2 N–H and O–H groups in total. The van der Waals surface area contributed by atoms with Crippen LogP contribution >= 0.6 is 0 Å². The van der Waals surface area contributed by atoms with Crippen LogP contribution in [0.15, 0.2) is 29.3 Å². The zero-order valence-corrected chi connectivity index (χ0v) is 14.5. The molecule has 0 amide bonds. The molecule has 0 radical (unpaired) electrons. The largest absolute Gasteiger partial charge is 0.488 e. The molecule has 0 spiro atoms. The van der Waals surface area contributed by atoms with Gasteiger partial charge in [-0.25, -0.2) is 4.99 Å². The Kier molecular flexibility index (Phi) is 7.20. The van der Waals surface area contributed by atoms with Crippen LogP contribution < -0.4 is 15.4 Å². The molecule has 0 aliphatic carbocycles. The van der Waals surface area contributed by atoms with Gasteiger partial charge in [-0.15, -0.1) is 0 Å². The smallest absolute Gasteiger partial charge is 0.191 e. The summed E-state index contributed by atoms with van der Waals surface area (Å²) in [5.41, 5.74) is 1.27. The van der Waals surface area contributed by atoms with E-state index in [2.05, 4.69) is 48.5 Å². The Morgan fingerprint density at radius 3 is 2.91 bits per heavy atom. The maximum Gasteiger partial charge on any atom is 0.191 e. The van der Waals surface area contributed by atoms with Crippen molar-refractivity contribution >= 4 is 5.96 Å². The summed E-state index contributed by atoms with van der Waals surface area (Å²) in [4.78, 5) is 4.64. The highest BCUT2D eigenvalue weighted by atomic mass is 16.5. The summed E-state index contributed by atoms with van der Waals surface area (Å²) in [7, 11) is 0. The number of nitrogens with zero attached hydrogens (tertiary/aromatic N) is 1. The highest BCUT2D eigenvalue weighted by molar-refractivity contribution is 5.79. The van der Waals surface area contributed by atoms with E-state index in [0.717, 1.165) is 44.2 Å². The quantitative estimate of drug-likeness (QED) is 0.439. The van der Waals surface area contributed by atoms with E-state index in [1.54, 1.807) is 0 Å². The lowest BCUT2D eigenvalue weighted by molar-refractivity contribution is 0.0776. The van der Waals surface area contributed by atoms with Gasteiger partial charge in [0.25, 0.3) is 0 Å². The minimum Gasteiger partial charge on any atom is -0.488 e. The number of fused-ring (bicyclic) bond motifs is 1. The fourth-order valence-corrected chi connectivity index (χ4v) is 2.49. The summed E-state index contributed by atoms with van der Waals surface area (Å²) in [6.07, 6.45) is 2.32. The van der Waals surface area contributed by atoms with Crippen LogP contribution in [0.5, 0.6) is 5.75 Å². The van der Waals surface area contributed by atoms with Crippen molar-refractivity contribution < 1.29 is 9.47 Å². The van der Waals surface area contributed by atoms with E-state index >= 15 is 0 Å². The second-order valence-electron chi connectivity index (χ2n) is 5.97. The molecular formula is C18H29N3O2. The molecule has 0 bridgehead atoms. The van der Waals surface area contributed by atoms with E-state index in [1.165, 1.54) is 5.56 Å². The van der Waals surface area contributed by atoms with Crippen LogP contribution in [0.4, 0.5) is 0 Å². The Morgan fingerprint density at radius 2 is 2.17 bits per heavy atom. The van der Waals surface area contributed by atoms with Gasteiger partial charge in [0.15, 0.2) is 5.96 Å². The van der Waals surface area contributed by atoms with Crippen molar-refractivity contribution in [1.29, 1.82) is 0 Å². The summed E-state index contributed by atoms with van der Waals surface area (Å²) in [5, 5.41) is 6.61. The van der Waals surface area contributed by atoms with Crippen molar-refractivity contribution in [3.05, 3.63) is 29.8 Å². The monoisotopic (exact) mass is 319 g/mol. The lowest BCUT2D eigenvalue weighted by Crippen LogP contribution is -2.39. The third kappa shape index (κ3) is 6.10. The van der Waals surface area contributed by atoms with E-state index in [9.17, 15) is 0 Å². The zero-order valence-electron chi connectivity index (χ0n) is 14.5. The van der Waals surface area contributed by atoms with Crippen molar-refractivity contribution in [2.24, 2.45) is 4.99 Å². The number of benzene rings is 1.